The second kappa shape index (κ2) is 12.7. The molecule has 0 spiro atoms. The zero-order chi connectivity index (χ0) is 28.7. The highest BCUT2D eigenvalue weighted by Gasteiger charge is 2.28. The van der Waals surface area contributed by atoms with Gasteiger partial charge in [0.25, 0.3) is 0 Å². The van der Waals surface area contributed by atoms with E-state index in [9.17, 15) is 17.6 Å². The van der Waals surface area contributed by atoms with Crippen LogP contribution in [0.2, 0.25) is 0 Å². The lowest BCUT2D eigenvalue weighted by molar-refractivity contribution is 0.0597. The highest BCUT2D eigenvalue weighted by Crippen LogP contribution is 2.46. The summed E-state index contributed by atoms with van der Waals surface area (Å²) < 4.78 is 65.1. The van der Waals surface area contributed by atoms with E-state index in [-0.39, 0.29) is 28.6 Å². The summed E-state index contributed by atoms with van der Waals surface area (Å²) in [5, 5.41) is 0. The first-order valence-electron chi connectivity index (χ1n) is 11.9. The van der Waals surface area contributed by atoms with Gasteiger partial charge in [-0.1, -0.05) is 29.8 Å². The summed E-state index contributed by atoms with van der Waals surface area (Å²) in [5.41, 5.74) is 2.88. The number of benzene rings is 3. The van der Waals surface area contributed by atoms with Crippen LogP contribution in [0.1, 0.15) is 30.6 Å². The second-order valence-corrected chi connectivity index (χ2v) is 10.4. The van der Waals surface area contributed by atoms with Gasteiger partial charge in [0.2, 0.25) is 0 Å². The third kappa shape index (κ3) is 7.29. The summed E-state index contributed by atoms with van der Waals surface area (Å²) in [7, 11) is 0.157. The quantitative estimate of drug-likeness (QED) is 0.122. The van der Waals surface area contributed by atoms with E-state index in [1.54, 1.807) is 18.2 Å². The first-order chi connectivity index (χ1) is 18.5. The summed E-state index contributed by atoms with van der Waals surface area (Å²) in [6.45, 7) is 4.25. The molecule has 0 radical (unpaired) electrons. The van der Waals surface area contributed by atoms with Gasteiger partial charge in [-0.05, 0) is 61.7 Å². The lowest BCUT2D eigenvalue weighted by Gasteiger charge is -2.20. The van der Waals surface area contributed by atoms with E-state index < -0.39 is 21.9 Å². The number of allylic oxidation sites excluding steroid dienone is 1. The number of methoxy groups -OCH3 is 3. The van der Waals surface area contributed by atoms with Crippen molar-refractivity contribution in [2.24, 2.45) is 0 Å². The Bertz CT molecular complexity index is 1470. The van der Waals surface area contributed by atoms with Crippen LogP contribution in [-0.2, 0) is 14.9 Å². The van der Waals surface area contributed by atoms with Gasteiger partial charge in [0.15, 0.2) is 11.5 Å². The number of hydrogen-bond acceptors (Lipinski definition) is 8. The van der Waals surface area contributed by atoms with Crippen molar-refractivity contribution in [2.75, 3.05) is 34.2 Å². The third-order valence-corrected chi connectivity index (χ3v) is 6.10. The molecule has 0 aromatic heterocycles. The minimum absolute atomic E-state index is 0.0320. The summed E-state index contributed by atoms with van der Waals surface area (Å²) in [6, 6.07) is 11.9. The van der Waals surface area contributed by atoms with Gasteiger partial charge in [-0.3, -0.25) is 0 Å². The number of halogens is 1. The van der Waals surface area contributed by atoms with Crippen molar-refractivity contribution >= 4 is 16.1 Å². The Morgan fingerprint density at radius 1 is 0.897 bits per heavy atom. The van der Waals surface area contributed by atoms with Crippen molar-refractivity contribution in [1.29, 1.82) is 0 Å². The fraction of sp³-hybridized carbons (Fsp3) is 0.276. The van der Waals surface area contributed by atoms with Gasteiger partial charge in [-0.2, -0.15) is 8.42 Å². The topological polar surface area (TPSA) is 97.4 Å². The molecule has 0 bridgehead atoms. The molecule has 0 saturated carbocycles. The number of carbonyl (C=O) groups excluding carboxylic acids is 1. The number of hydrogen-bond donors (Lipinski definition) is 0. The monoisotopic (exact) mass is 558 g/mol. The highest BCUT2D eigenvalue weighted by atomic mass is 32.2. The largest absolute Gasteiger partial charge is 0.496 e. The van der Waals surface area contributed by atoms with E-state index >= 15 is 0 Å². The van der Waals surface area contributed by atoms with Gasteiger partial charge >= 0.3 is 16.1 Å². The molecule has 0 aliphatic carbocycles. The molecule has 10 heteroatoms. The molecule has 3 aromatic rings. The highest BCUT2D eigenvalue weighted by molar-refractivity contribution is 7.86. The van der Waals surface area contributed by atoms with E-state index in [1.807, 2.05) is 19.9 Å². The number of ether oxygens (including phenoxy) is 4. The van der Waals surface area contributed by atoms with Crippen LogP contribution >= 0.6 is 0 Å². The van der Waals surface area contributed by atoms with Crippen LogP contribution in [0.3, 0.4) is 0 Å². The van der Waals surface area contributed by atoms with Gasteiger partial charge in [0, 0.05) is 11.1 Å². The van der Waals surface area contributed by atoms with Crippen LogP contribution in [0.4, 0.5) is 4.39 Å². The molecule has 8 nitrogen and oxygen atoms in total. The molecule has 0 fully saturated rings. The van der Waals surface area contributed by atoms with Crippen LogP contribution in [0.15, 0.2) is 60.2 Å². The SMILES string of the molecule is COC(=O)c1c(OC)c(-c2ccc(OCCC=C(C)C)c(OS(C)(=O)=O)c2)cc(OC)c1-c1ccc(F)cc1. The van der Waals surface area contributed by atoms with Gasteiger partial charge in [-0.25, -0.2) is 9.18 Å². The molecular weight excluding hydrogens is 527 g/mol. The molecule has 0 N–H and O–H groups in total. The average Bonchev–Trinajstić information content (AvgIpc) is 2.89. The lowest BCUT2D eigenvalue weighted by atomic mass is 9.92. The first kappa shape index (κ1) is 29.5. The minimum Gasteiger partial charge on any atom is -0.496 e. The van der Waals surface area contributed by atoms with Crippen molar-refractivity contribution in [3.8, 4) is 45.3 Å². The Morgan fingerprint density at radius 2 is 1.56 bits per heavy atom. The van der Waals surface area contributed by atoms with Crippen molar-refractivity contribution in [2.45, 2.75) is 20.3 Å². The maximum atomic E-state index is 13.6. The Kier molecular flexibility index (Phi) is 9.58. The molecule has 0 aliphatic rings. The van der Waals surface area contributed by atoms with Gasteiger partial charge in [-0.15, -0.1) is 0 Å². The van der Waals surface area contributed by atoms with Crippen LogP contribution in [0.25, 0.3) is 22.3 Å². The van der Waals surface area contributed by atoms with Crippen molar-refractivity contribution < 1.29 is 40.7 Å². The third-order valence-electron chi connectivity index (χ3n) is 5.61. The second-order valence-electron chi connectivity index (χ2n) is 8.78. The Morgan fingerprint density at radius 3 is 2.13 bits per heavy atom. The maximum absolute atomic E-state index is 13.6. The summed E-state index contributed by atoms with van der Waals surface area (Å²) >= 11 is 0. The molecule has 0 amide bonds. The van der Waals surface area contributed by atoms with Crippen molar-refractivity contribution in [3.63, 3.8) is 0 Å². The molecule has 0 aliphatic heterocycles. The number of rotatable bonds is 11. The van der Waals surface area contributed by atoms with E-state index in [1.165, 1.54) is 51.7 Å². The first-order valence-corrected chi connectivity index (χ1v) is 13.7. The maximum Gasteiger partial charge on any atom is 0.342 e. The van der Waals surface area contributed by atoms with Gasteiger partial charge < -0.3 is 23.1 Å². The van der Waals surface area contributed by atoms with Crippen LogP contribution in [0, 0.1) is 5.82 Å². The Hall–Kier alpha value is -4.05. The zero-order valence-electron chi connectivity index (χ0n) is 22.7. The van der Waals surface area contributed by atoms with Crippen LogP contribution in [-0.4, -0.2) is 48.6 Å². The Labute approximate surface area is 228 Å². The van der Waals surface area contributed by atoms with Crippen molar-refractivity contribution in [1.82, 2.24) is 0 Å². The van der Waals surface area contributed by atoms with Crippen LogP contribution in [0.5, 0.6) is 23.0 Å². The van der Waals surface area contributed by atoms with Gasteiger partial charge in [0.1, 0.15) is 22.9 Å². The lowest BCUT2D eigenvalue weighted by Crippen LogP contribution is -2.10. The molecule has 3 rings (SSSR count). The zero-order valence-corrected chi connectivity index (χ0v) is 23.5. The molecule has 0 heterocycles. The molecular formula is C29H31FO8S. The number of carbonyl (C=O) groups is 1. The summed E-state index contributed by atoms with van der Waals surface area (Å²) in [6.07, 6.45) is 3.56. The minimum atomic E-state index is -3.90. The van der Waals surface area contributed by atoms with E-state index in [2.05, 4.69) is 0 Å². The van der Waals surface area contributed by atoms with E-state index in [0.29, 0.717) is 35.3 Å². The molecule has 0 saturated heterocycles. The van der Waals surface area contributed by atoms with E-state index in [4.69, 9.17) is 23.1 Å². The fourth-order valence-corrected chi connectivity index (χ4v) is 4.42. The predicted molar refractivity (Wildman–Crippen MR) is 147 cm³/mol. The molecule has 39 heavy (non-hydrogen) atoms. The smallest absolute Gasteiger partial charge is 0.342 e. The molecule has 3 aromatic carbocycles. The molecule has 208 valence electrons. The standard InChI is InChI=1S/C29H31FO8S/c1-18(2)8-7-15-37-23-14-11-20(16-24(23)38-39(6,32)33)22-17-25(34-3)26(19-9-12-21(30)13-10-19)27(28(22)35-4)29(31)36-5/h8-14,16-17H,7,15H2,1-6H3. The predicted octanol–water partition coefficient (Wildman–Crippen LogP) is 6.04. The van der Waals surface area contributed by atoms with Crippen LogP contribution < -0.4 is 18.4 Å². The normalized spacial score (nSPS) is 10.9. The van der Waals surface area contributed by atoms with Crippen molar-refractivity contribution in [3.05, 3.63) is 71.6 Å². The van der Waals surface area contributed by atoms with E-state index in [0.717, 1.165) is 11.8 Å². The summed E-state index contributed by atoms with van der Waals surface area (Å²) in [5.74, 6) is -0.528. The summed E-state index contributed by atoms with van der Waals surface area (Å²) in [4.78, 5) is 13.0. The fourth-order valence-electron chi connectivity index (χ4n) is 3.97. The number of esters is 1. The Balaban J connectivity index is 2.24. The molecule has 0 atom stereocenters. The average molecular weight is 559 g/mol. The molecule has 0 unspecified atom stereocenters. The van der Waals surface area contributed by atoms with Gasteiger partial charge in [0.05, 0.1) is 34.2 Å².